The summed E-state index contributed by atoms with van der Waals surface area (Å²) >= 11 is 0. The van der Waals surface area contributed by atoms with Crippen molar-refractivity contribution >= 4 is 0 Å². The van der Waals surface area contributed by atoms with Crippen molar-refractivity contribution in [1.82, 2.24) is 0 Å². The fraction of sp³-hybridized carbons (Fsp3) is 0.750. The molecular weight excluding hydrogens is 144 g/mol. The predicted octanol–water partition coefficient (Wildman–Crippen LogP) is 1.30. The second kappa shape index (κ2) is 4.36. The van der Waals surface area contributed by atoms with E-state index in [1.807, 2.05) is 6.92 Å². The van der Waals surface area contributed by atoms with Crippen LogP contribution in [0.2, 0.25) is 0 Å². The Kier molecular flexibility index (Phi) is 3.39. The zero-order valence-corrected chi connectivity index (χ0v) is 6.79. The van der Waals surface area contributed by atoms with Crippen molar-refractivity contribution in [3.8, 4) is 0 Å². The van der Waals surface area contributed by atoms with Crippen molar-refractivity contribution in [3.63, 3.8) is 0 Å². The van der Waals surface area contributed by atoms with Gasteiger partial charge < -0.3 is 14.2 Å². The second-order valence-corrected chi connectivity index (χ2v) is 2.43. The minimum atomic E-state index is -0.156. The lowest BCUT2D eigenvalue weighted by Gasteiger charge is -2.13. The standard InChI is InChI=1S/C8H14O3/c1-3-8(9-4-2)11-6-7-5-10-7/h4,7-8H,2-3,5-6H2,1H3. The van der Waals surface area contributed by atoms with Crippen LogP contribution >= 0.6 is 0 Å². The van der Waals surface area contributed by atoms with Crippen LogP contribution in [0.15, 0.2) is 12.8 Å². The summed E-state index contributed by atoms with van der Waals surface area (Å²) < 4.78 is 15.4. The SMILES string of the molecule is C=COC(CC)OCC1CO1. The van der Waals surface area contributed by atoms with Crippen LogP contribution in [-0.2, 0) is 14.2 Å². The Morgan fingerprint density at radius 3 is 3.00 bits per heavy atom. The third kappa shape index (κ3) is 3.39. The van der Waals surface area contributed by atoms with Crippen LogP contribution in [0.4, 0.5) is 0 Å². The molecule has 0 aromatic carbocycles. The summed E-state index contributed by atoms with van der Waals surface area (Å²) in [6.45, 7) is 6.91. The molecule has 0 saturated carbocycles. The average Bonchev–Trinajstić information content (AvgIpc) is 2.81. The highest BCUT2D eigenvalue weighted by Gasteiger charge is 2.23. The van der Waals surface area contributed by atoms with E-state index in [-0.39, 0.29) is 6.29 Å². The van der Waals surface area contributed by atoms with Gasteiger partial charge in [0.2, 0.25) is 0 Å². The summed E-state index contributed by atoms with van der Waals surface area (Å²) in [6, 6.07) is 0. The lowest BCUT2D eigenvalue weighted by atomic mass is 10.4. The Labute approximate surface area is 66.9 Å². The molecule has 0 aromatic heterocycles. The van der Waals surface area contributed by atoms with E-state index in [1.165, 1.54) is 6.26 Å². The summed E-state index contributed by atoms with van der Waals surface area (Å²) in [5, 5.41) is 0. The molecule has 1 aliphatic rings. The molecule has 11 heavy (non-hydrogen) atoms. The van der Waals surface area contributed by atoms with Gasteiger partial charge in [-0.25, -0.2) is 0 Å². The van der Waals surface area contributed by atoms with Gasteiger partial charge in [0.15, 0.2) is 6.29 Å². The van der Waals surface area contributed by atoms with Crippen LogP contribution < -0.4 is 0 Å². The molecule has 0 N–H and O–H groups in total. The molecule has 0 spiro atoms. The minimum absolute atomic E-state index is 0.156. The van der Waals surface area contributed by atoms with E-state index < -0.39 is 0 Å². The van der Waals surface area contributed by atoms with Crippen molar-refractivity contribution in [1.29, 1.82) is 0 Å². The molecule has 2 unspecified atom stereocenters. The van der Waals surface area contributed by atoms with E-state index in [0.717, 1.165) is 13.0 Å². The third-order valence-corrected chi connectivity index (χ3v) is 1.45. The van der Waals surface area contributed by atoms with Crippen LogP contribution in [0.25, 0.3) is 0 Å². The molecule has 0 bridgehead atoms. The summed E-state index contributed by atoms with van der Waals surface area (Å²) in [6.07, 6.45) is 2.38. The van der Waals surface area contributed by atoms with Gasteiger partial charge in [0.25, 0.3) is 0 Å². The lowest BCUT2D eigenvalue weighted by molar-refractivity contribution is -0.110. The molecule has 0 aliphatic carbocycles. The largest absolute Gasteiger partial charge is 0.473 e. The Balaban J connectivity index is 2.03. The number of hydrogen-bond acceptors (Lipinski definition) is 3. The molecular formula is C8H14O3. The molecule has 3 heteroatoms. The number of hydrogen-bond donors (Lipinski definition) is 0. The van der Waals surface area contributed by atoms with Gasteiger partial charge in [-0.3, -0.25) is 0 Å². The van der Waals surface area contributed by atoms with E-state index in [0.29, 0.717) is 12.7 Å². The van der Waals surface area contributed by atoms with Crippen LogP contribution in [0, 0.1) is 0 Å². The molecule has 1 saturated heterocycles. The summed E-state index contributed by atoms with van der Waals surface area (Å²) in [7, 11) is 0. The molecule has 2 atom stereocenters. The van der Waals surface area contributed by atoms with Crippen molar-refractivity contribution in [2.75, 3.05) is 13.2 Å². The number of epoxide rings is 1. The molecule has 1 rings (SSSR count). The highest BCUT2D eigenvalue weighted by molar-refractivity contribution is 4.67. The number of rotatable bonds is 6. The summed E-state index contributed by atoms with van der Waals surface area (Å²) in [4.78, 5) is 0. The zero-order valence-electron chi connectivity index (χ0n) is 6.79. The maximum atomic E-state index is 5.34. The first-order valence-electron chi connectivity index (χ1n) is 3.86. The van der Waals surface area contributed by atoms with Crippen LogP contribution in [0.1, 0.15) is 13.3 Å². The Hall–Kier alpha value is -0.540. The fourth-order valence-corrected chi connectivity index (χ4v) is 0.740. The maximum Gasteiger partial charge on any atom is 0.198 e. The van der Waals surface area contributed by atoms with E-state index in [2.05, 4.69) is 6.58 Å². The van der Waals surface area contributed by atoms with Crippen LogP contribution in [0.3, 0.4) is 0 Å². The highest BCUT2D eigenvalue weighted by atomic mass is 16.7. The Morgan fingerprint density at radius 2 is 2.55 bits per heavy atom. The van der Waals surface area contributed by atoms with Crippen molar-refractivity contribution in [3.05, 3.63) is 12.8 Å². The molecule has 3 nitrogen and oxygen atoms in total. The van der Waals surface area contributed by atoms with Gasteiger partial charge in [-0.1, -0.05) is 13.5 Å². The van der Waals surface area contributed by atoms with Gasteiger partial charge >= 0.3 is 0 Å². The normalized spacial score (nSPS) is 24.3. The Morgan fingerprint density at radius 1 is 1.82 bits per heavy atom. The van der Waals surface area contributed by atoms with Crippen LogP contribution in [0.5, 0.6) is 0 Å². The molecule has 1 heterocycles. The first-order chi connectivity index (χ1) is 5.36. The zero-order chi connectivity index (χ0) is 8.10. The molecule has 1 aliphatic heterocycles. The summed E-state index contributed by atoms with van der Waals surface area (Å²) in [5.41, 5.74) is 0. The lowest BCUT2D eigenvalue weighted by Crippen LogP contribution is -2.16. The van der Waals surface area contributed by atoms with E-state index in [9.17, 15) is 0 Å². The molecule has 0 radical (unpaired) electrons. The van der Waals surface area contributed by atoms with Crippen LogP contribution in [-0.4, -0.2) is 25.6 Å². The van der Waals surface area contributed by atoms with Gasteiger partial charge in [-0.15, -0.1) is 0 Å². The molecule has 64 valence electrons. The fourth-order valence-electron chi connectivity index (χ4n) is 0.740. The van der Waals surface area contributed by atoms with Gasteiger partial charge in [0, 0.05) is 6.42 Å². The minimum Gasteiger partial charge on any atom is -0.473 e. The molecule has 1 fully saturated rings. The van der Waals surface area contributed by atoms with Crippen molar-refractivity contribution < 1.29 is 14.2 Å². The van der Waals surface area contributed by atoms with Crippen molar-refractivity contribution in [2.45, 2.75) is 25.7 Å². The monoisotopic (exact) mass is 158 g/mol. The maximum absolute atomic E-state index is 5.34. The van der Waals surface area contributed by atoms with E-state index in [1.54, 1.807) is 0 Å². The average molecular weight is 158 g/mol. The first-order valence-corrected chi connectivity index (χ1v) is 3.86. The van der Waals surface area contributed by atoms with Gasteiger partial charge in [0.05, 0.1) is 19.5 Å². The Bertz CT molecular complexity index is 121. The van der Waals surface area contributed by atoms with Gasteiger partial charge in [-0.2, -0.15) is 0 Å². The topological polar surface area (TPSA) is 31.0 Å². The predicted molar refractivity (Wildman–Crippen MR) is 41.1 cm³/mol. The first kappa shape index (κ1) is 8.56. The number of ether oxygens (including phenoxy) is 3. The van der Waals surface area contributed by atoms with Crippen molar-refractivity contribution in [2.24, 2.45) is 0 Å². The van der Waals surface area contributed by atoms with Gasteiger partial charge in [0.1, 0.15) is 6.10 Å². The quantitative estimate of drug-likeness (QED) is 0.331. The smallest absolute Gasteiger partial charge is 0.198 e. The molecule has 0 amide bonds. The van der Waals surface area contributed by atoms with E-state index in [4.69, 9.17) is 14.2 Å². The summed E-state index contributed by atoms with van der Waals surface area (Å²) in [5.74, 6) is 0. The highest BCUT2D eigenvalue weighted by Crippen LogP contribution is 2.11. The third-order valence-electron chi connectivity index (χ3n) is 1.45. The second-order valence-electron chi connectivity index (χ2n) is 2.43. The van der Waals surface area contributed by atoms with E-state index >= 15 is 0 Å². The molecule has 0 aromatic rings. The van der Waals surface area contributed by atoms with Gasteiger partial charge in [-0.05, 0) is 0 Å².